The van der Waals surface area contributed by atoms with Gasteiger partial charge in [0.15, 0.2) is 0 Å². The van der Waals surface area contributed by atoms with Crippen molar-refractivity contribution in [1.29, 1.82) is 0 Å². The first-order valence-electron chi connectivity index (χ1n) is 8.57. The second kappa shape index (κ2) is 9.42. The molecule has 0 bridgehead atoms. The number of likely N-dealkylation sites (tertiary alicyclic amines) is 1. The van der Waals surface area contributed by atoms with E-state index in [9.17, 15) is 4.79 Å². The van der Waals surface area contributed by atoms with Gasteiger partial charge in [-0.25, -0.2) is 0 Å². The summed E-state index contributed by atoms with van der Waals surface area (Å²) < 4.78 is 0. The van der Waals surface area contributed by atoms with Gasteiger partial charge in [0, 0.05) is 39.3 Å². The zero-order valence-corrected chi connectivity index (χ0v) is 14.7. The lowest BCUT2D eigenvalue weighted by atomic mass is 10.0. The lowest BCUT2D eigenvalue weighted by molar-refractivity contribution is -0.130. The average molecular weight is 297 g/mol. The lowest BCUT2D eigenvalue weighted by Crippen LogP contribution is -2.47. The van der Waals surface area contributed by atoms with E-state index in [1.807, 2.05) is 14.1 Å². The fourth-order valence-corrected chi connectivity index (χ4v) is 2.91. The predicted octanol–water partition coefficient (Wildman–Crippen LogP) is 2.34. The highest BCUT2D eigenvalue weighted by Gasteiger charge is 2.22. The molecule has 1 atom stereocenters. The number of nitrogens with one attached hydrogen (secondary N) is 1. The number of rotatable bonds is 8. The highest BCUT2D eigenvalue weighted by atomic mass is 16.2. The van der Waals surface area contributed by atoms with E-state index in [2.05, 4.69) is 31.0 Å². The van der Waals surface area contributed by atoms with Crippen LogP contribution >= 0.6 is 0 Å². The van der Waals surface area contributed by atoms with Crippen LogP contribution in [0.1, 0.15) is 52.9 Å². The minimum Gasteiger partial charge on any atom is -0.348 e. The van der Waals surface area contributed by atoms with Crippen LogP contribution in [-0.2, 0) is 4.79 Å². The summed E-state index contributed by atoms with van der Waals surface area (Å²) in [7, 11) is 3.66. The minimum atomic E-state index is 0.212. The summed E-state index contributed by atoms with van der Waals surface area (Å²) >= 11 is 0. The molecule has 0 aromatic rings. The third kappa shape index (κ3) is 7.82. The van der Waals surface area contributed by atoms with Crippen molar-refractivity contribution in [3.63, 3.8) is 0 Å². The van der Waals surface area contributed by atoms with E-state index in [-0.39, 0.29) is 5.91 Å². The van der Waals surface area contributed by atoms with Gasteiger partial charge in [-0.05, 0) is 32.1 Å². The van der Waals surface area contributed by atoms with Crippen LogP contribution in [0.25, 0.3) is 0 Å². The largest absolute Gasteiger partial charge is 0.348 e. The summed E-state index contributed by atoms with van der Waals surface area (Å²) in [5.41, 5.74) is 0. The fourth-order valence-electron chi connectivity index (χ4n) is 2.91. The maximum atomic E-state index is 11.7. The van der Waals surface area contributed by atoms with E-state index in [0.717, 1.165) is 31.8 Å². The molecule has 1 fully saturated rings. The van der Waals surface area contributed by atoms with Crippen LogP contribution in [0.15, 0.2) is 0 Å². The van der Waals surface area contributed by atoms with Crippen molar-refractivity contribution in [1.82, 2.24) is 15.1 Å². The van der Waals surface area contributed by atoms with Gasteiger partial charge in [-0.2, -0.15) is 0 Å². The number of piperidine rings is 1. The molecule has 1 saturated heterocycles. The van der Waals surface area contributed by atoms with Crippen molar-refractivity contribution in [3.8, 4) is 0 Å². The predicted molar refractivity (Wildman–Crippen MR) is 89.4 cm³/mol. The Balaban J connectivity index is 2.16. The van der Waals surface area contributed by atoms with Crippen LogP contribution in [0.2, 0.25) is 0 Å². The first-order valence-corrected chi connectivity index (χ1v) is 8.57. The van der Waals surface area contributed by atoms with E-state index in [1.54, 1.807) is 4.90 Å². The molecule has 1 unspecified atom stereocenters. The molecular weight excluding hydrogens is 262 g/mol. The normalized spacial score (nSPS) is 19.0. The van der Waals surface area contributed by atoms with Gasteiger partial charge in [-0.3, -0.25) is 9.69 Å². The van der Waals surface area contributed by atoms with E-state index < -0.39 is 0 Å². The Hall–Kier alpha value is -0.610. The lowest BCUT2D eigenvalue weighted by Gasteiger charge is -2.34. The smallest absolute Gasteiger partial charge is 0.236 e. The van der Waals surface area contributed by atoms with Crippen LogP contribution < -0.4 is 5.32 Å². The molecule has 1 amide bonds. The van der Waals surface area contributed by atoms with Gasteiger partial charge >= 0.3 is 0 Å². The topological polar surface area (TPSA) is 35.6 Å². The number of likely N-dealkylation sites (N-methyl/N-ethyl adjacent to an activating group) is 1. The summed E-state index contributed by atoms with van der Waals surface area (Å²) in [5.74, 6) is 1.03. The number of carbonyl (C=O) groups is 1. The highest BCUT2D eigenvalue weighted by molar-refractivity contribution is 5.77. The molecule has 1 N–H and O–H groups in total. The average Bonchev–Trinajstić information content (AvgIpc) is 2.40. The van der Waals surface area contributed by atoms with Gasteiger partial charge in [-0.1, -0.05) is 26.7 Å². The van der Waals surface area contributed by atoms with Gasteiger partial charge in [0.1, 0.15) is 0 Å². The van der Waals surface area contributed by atoms with Crippen molar-refractivity contribution in [3.05, 3.63) is 0 Å². The van der Waals surface area contributed by atoms with E-state index in [4.69, 9.17) is 0 Å². The molecule has 0 aromatic heterocycles. The highest BCUT2D eigenvalue weighted by Crippen LogP contribution is 2.13. The molecule has 4 nitrogen and oxygen atoms in total. The zero-order chi connectivity index (χ0) is 15.8. The van der Waals surface area contributed by atoms with Crippen LogP contribution in [0.5, 0.6) is 0 Å². The fraction of sp³-hybridized carbons (Fsp3) is 0.941. The number of hydrogen-bond acceptors (Lipinski definition) is 3. The number of carbonyl (C=O) groups excluding carboxylic acids is 1. The zero-order valence-electron chi connectivity index (χ0n) is 14.7. The van der Waals surface area contributed by atoms with Crippen LogP contribution in [0.3, 0.4) is 0 Å². The molecule has 0 spiro atoms. The Kier molecular flexibility index (Phi) is 8.27. The summed E-state index contributed by atoms with van der Waals surface area (Å²) in [6.45, 7) is 9.55. The van der Waals surface area contributed by atoms with E-state index in [1.165, 1.54) is 19.3 Å². The Morgan fingerprint density at radius 1 is 1.19 bits per heavy atom. The monoisotopic (exact) mass is 297 g/mol. The summed E-state index contributed by atoms with van der Waals surface area (Å²) in [6, 6.07) is 1.24. The second-order valence-electron chi connectivity index (χ2n) is 7.23. The molecule has 1 aliphatic rings. The number of nitrogens with zero attached hydrogens (tertiary/aromatic N) is 2. The van der Waals surface area contributed by atoms with Gasteiger partial charge in [0.25, 0.3) is 0 Å². The molecule has 0 radical (unpaired) electrons. The molecule has 1 rings (SSSR count). The first kappa shape index (κ1) is 18.4. The molecule has 124 valence electrons. The Labute approximate surface area is 131 Å². The van der Waals surface area contributed by atoms with E-state index in [0.29, 0.717) is 18.6 Å². The molecular formula is C17H35N3O. The Morgan fingerprint density at radius 3 is 2.33 bits per heavy atom. The van der Waals surface area contributed by atoms with E-state index >= 15 is 0 Å². The SMILES string of the molecule is CC(C)CCCC(C)NC1CCN(CC(=O)N(C)C)CC1. The van der Waals surface area contributed by atoms with Crippen molar-refractivity contribution >= 4 is 5.91 Å². The molecule has 0 saturated carbocycles. The first-order chi connectivity index (χ1) is 9.88. The quantitative estimate of drug-likeness (QED) is 0.747. The van der Waals surface area contributed by atoms with Crippen LogP contribution in [0.4, 0.5) is 0 Å². The van der Waals surface area contributed by atoms with Crippen LogP contribution in [0, 0.1) is 5.92 Å². The minimum absolute atomic E-state index is 0.212. The van der Waals surface area contributed by atoms with Crippen LogP contribution in [-0.4, -0.2) is 61.5 Å². The Bertz CT molecular complexity index is 296. The van der Waals surface area contributed by atoms with Crippen molar-refractivity contribution in [2.45, 2.75) is 65.0 Å². The molecule has 21 heavy (non-hydrogen) atoms. The van der Waals surface area contributed by atoms with Gasteiger partial charge in [0.2, 0.25) is 5.91 Å². The summed E-state index contributed by atoms with van der Waals surface area (Å²) in [4.78, 5) is 15.7. The Morgan fingerprint density at radius 2 is 1.81 bits per heavy atom. The molecule has 0 aliphatic carbocycles. The summed E-state index contributed by atoms with van der Waals surface area (Å²) in [6.07, 6.45) is 6.25. The molecule has 4 heteroatoms. The van der Waals surface area contributed by atoms with Gasteiger partial charge < -0.3 is 10.2 Å². The van der Waals surface area contributed by atoms with Crippen molar-refractivity contribution in [2.75, 3.05) is 33.7 Å². The number of amides is 1. The molecule has 1 aliphatic heterocycles. The maximum absolute atomic E-state index is 11.7. The molecule has 1 heterocycles. The van der Waals surface area contributed by atoms with Gasteiger partial charge in [-0.15, -0.1) is 0 Å². The second-order valence-corrected chi connectivity index (χ2v) is 7.23. The third-order valence-corrected chi connectivity index (χ3v) is 4.38. The molecule has 0 aromatic carbocycles. The maximum Gasteiger partial charge on any atom is 0.236 e. The number of hydrogen-bond donors (Lipinski definition) is 1. The standard InChI is InChI=1S/C17H35N3O/c1-14(2)7-6-8-15(3)18-16-9-11-20(12-10-16)13-17(21)19(4)5/h14-16,18H,6-13H2,1-5H3. The van der Waals surface area contributed by atoms with Gasteiger partial charge in [0.05, 0.1) is 6.54 Å². The van der Waals surface area contributed by atoms with Crippen molar-refractivity contribution in [2.24, 2.45) is 5.92 Å². The third-order valence-electron chi connectivity index (χ3n) is 4.38. The van der Waals surface area contributed by atoms with Crippen molar-refractivity contribution < 1.29 is 4.79 Å². The summed E-state index contributed by atoms with van der Waals surface area (Å²) in [5, 5.41) is 3.77.